The lowest BCUT2D eigenvalue weighted by Gasteiger charge is -2.23. The molecule has 1 heterocycles. The number of nitrogens with zero attached hydrogens (tertiary/aromatic N) is 3. The molecule has 1 aromatic rings. The third-order valence-corrected chi connectivity index (χ3v) is 2.54. The minimum Gasteiger partial charge on any atom is -0.467 e. The van der Waals surface area contributed by atoms with Gasteiger partial charge in [-0.05, 0) is 0 Å². The number of aromatic nitrogens is 2. The van der Waals surface area contributed by atoms with E-state index in [4.69, 9.17) is 32.7 Å². The molecule has 5 nitrogen and oxygen atoms in total. The predicted molar refractivity (Wildman–Crippen MR) is 68.4 cm³/mol. The lowest BCUT2D eigenvalue weighted by molar-refractivity contribution is 0.205. The first-order chi connectivity index (χ1) is 8.22. The van der Waals surface area contributed by atoms with E-state index in [1.807, 2.05) is 4.90 Å². The number of hydrogen-bond donors (Lipinski definition) is 0. The highest BCUT2D eigenvalue weighted by molar-refractivity contribution is 6.32. The first-order valence-corrected chi connectivity index (χ1v) is 6.00. The zero-order valence-electron chi connectivity index (χ0n) is 9.82. The summed E-state index contributed by atoms with van der Waals surface area (Å²) in [5.41, 5.74) is 0. The van der Waals surface area contributed by atoms with Gasteiger partial charge >= 0.3 is 6.01 Å². The Morgan fingerprint density at radius 3 is 2.71 bits per heavy atom. The molecule has 0 radical (unpaired) electrons. The van der Waals surface area contributed by atoms with Crippen molar-refractivity contribution in [2.45, 2.75) is 0 Å². The molecule has 0 amide bonds. The predicted octanol–water partition coefficient (Wildman–Crippen LogP) is 1.83. The fourth-order valence-corrected chi connectivity index (χ4v) is 1.70. The van der Waals surface area contributed by atoms with Gasteiger partial charge in [0.25, 0.3) is 0 Å². The summed E-state index contributed by atoms with van der Waals surface area (Å²) in [6.07, 6.45) is 1.51. The molecular weight excluding hydrogens is 265 g/mol. The topological polar surface area (TPSA) is 47.5 Å². The summed E-state index contributed by atoms with van der Waals surface area (Å²) in [5.74, 6) is 1.09. The SMILES string of the molecule is COCCN(CCCl)c1nc(OC)ncc1Cl. The number of ether oxygens (including phenoxy) is 2. The molecule has 0 atom stereocenters. The molecule has 0 aliphatic heterocycles. The summed E-state index contributed by atoms with van der Waals surface area (Å²) < 4.78 is 10.0. The summed E-state index contributed by atoms with van der Waals surface area (Å²) in [6, 6.07) is 0.279. The van der Waals surface area contributed by atoms with E-state index >= 15 is 0 Å². The van der Waals surface area contributed by atoms with Crippen molar-refractivity contribution >= 4 is 29.0 Å². The smallest absolute Gasteiger partial charge is 0.318 e. The molecule has 0 unspecified atom stereocenters. The Morgan fingerprint density at radius 2 is 2.12 bits per heavy atom. The Labute approximate surface area is 111 Å². The summed E-state index contributed by atoms with van der Waals surface area (Å²) in [5, 5.41) is 0.465. The van der Waals surface area contributed by atoms with Gasteiger partial charge in [-0.2, -0.15) is 4.98 Å². The molecule has 1 aromatic heterocycles. The van der Waals surface area contributed by atoms with Crippen LogP contribution in [0, 0.1) is 0 Å². The van der Waals surface area contributed by atoms with Gasteiger partial charge in [-0.1, -0.05) is 11.6 Å². The average molecular weight is 280 g/mol. The standard InChI is InChI=1S/C10H15Cl2N3O2/c1-16-6-5-15(4-3-11)9-8(12)7-13-10(14-9)17-2/h7H,3-6H2,1-2H3. The average Bonchev–Trinajstić information content (AvgIpc) is 2.35. The van der Waals surface area contributed by atoms with E-state index in [0.29, 0.717) is 36.4 Å². The van der Waals surface area contributed by atoms with Gasteiger partial charge in [0.2, 0.25) is 0 Å². The van der Waals surface area contributed by atoms with Gasteiger partial charge in [-0.25, -0.2) is 4.98 Å². The fourth-order valence-electron chi connectivity index (χ4n) is 1.29. The van der Waals surface area contributed by atoms with Crippen molar-refractivity contribution < 1.29 is 9.47 Å². The van der Waals surface area contributed by atoms with Crippen LogP contribution in [0.3, 0.4) is 0 Å². The van der Waals surface area contributed by atoms with Crippen LogP contribution in [0.1, 0.15) is 0 Å². The Morgan fingerprint density at radius 1 is 1.35 bits per heavy atom. The minimum absolute atomic E-state index is 0.279. The van der Waals surface area contributed by atoms with Crippen LogP contribution < -0.4 is 9.64 Å². The normalized spacial score (nSPS) is 10.4. The van der Waals surface area contributed by atoms with Crippen LogP contribution in [0.25, 0.3) is 0 Å². The van der Waals surface area contributed by atoms with Crippen LogP contribution in [-0.4, -0.2) is 49.8 Å². The zero-order chi connectivity index (χ0) is 12.7. The molecule has 0 saturated carbocycles. The summed E-state index contributed by atoms with van der Waals surface area (Å²) in [6.45, 7) is 1.85. The second-order valence-corrected chi connectivity index (χ2v) is 3.98. The lowest BCUT2D eigenvalue weighted by Crippen LogP contribution is -2.30. The number of methoxy groups -OCH3 is 2. The van der Waals surface area contributed by atoms with Crippen molar-refractivity contribution in [3.63, 3.8) is 0 Å². The molecule has 96 valence electrons. The van der Waals surface area contributed by atoms with Crippen LogP contribution in [-0.2, 0) is 4.74 Å². The minimum atomic E-state index is 0.279. The monoisotopic (exact) mass is 279 g/mol. The summed E-state index contributed by atoms with van der Waals surface area (Å²) in [7, 11) is 3.15. The van der Waals surface area contributed by atoms with Crippen molar-refractivity contribution in [2.24, 2.45) is 0 Å². The van der Waals surface area contributed by atoms with Gasteiger partial charge in [0, 0.05) is 26.1 Å². The molecule has 0 bridgehead atoms. The molecule has 7 heteroatoms. The molecule has 0 fully saturated rings. The van der Waals surface area contributed by atoms with Gasteiger partial charge < -0.3 is 14.4 Å². The van der Waals surface area contributed by atoms with Crippen molar-refractivity contribution in [2.75, 3.05) is 44.7 Å². The number of rotatable bonds is 7. The van der Waals surface area contributed by atoms with Crippen LogP contribution in [0.15, 0.2) is 6.20 Å². The number of hydrogen-bond acceptors (Lipinski definition) is 5. The molecule has 0 spiro atoms. The molecule has 0 N–H and O–H groups in total. The Hall–Kier alpha value is -0.780. The van der Waals surface area contributed by atoms with Gasteiger partial charge in [0.1, 0.15) is 5.02 Å². The third-order valence-electron chi connectivity index (χ3n) is 2.11. The molecule has 0 aliphatic rings. The van der Waals surface area contributed by atoms with E-state index in [9.17, 15) is 0 Å². The summed E-state index contributed by atoms with van der Waals surface area (Å²) >= 11 is 11.8. The maximum atomic E-state index is 6.06. The largest absolute Gasteiger partial charge is 0.467 e. The van der Waals surface area contributed by atoms with E-state index in [2.05, 4.69) is 9.97 Å². The number of halogens is 2. The Kier molecular flexibility index (Phi) is 6.32. The lowest BCUT2D eigenvalue weighted by atomic mass is 10.4. The molecule has 0 saturated heterocycles. The van der Waals surface area contributed by atoms with Gasteiger partial charge in [0.05, 0.1) is 19.9 Å². The van der Waals surface area contributed by atoms with Crippen molar-refractivity contribution in [3.8, 4) is 6.01 Å². The highest BCUT2D eigenvalue weighted by Crippen LogP contribution is 2.24. The third kappa shape index (κ3) is 4.18. The quantitative estimate of drug-likeness (QED) is 0.713. The molecule has 17 heavy (non-hydrogen) atoms. The van der Waals surface area contributed by atoms with Gasteiger partial charge in [-0.15, -0.1) is 11.6 Å². The van der Waals surface area contributed by atoms with Gasteiger partial charge in [0.15, 0.2) is 5.82 Å². The van der Waals surface area contributed by atoms with E-state index in [0.717, 1.165) is 0 Å². The van der Waals surface area contributed by atoms with Gasteiger partial charge in [-0.3, -0.25) is 0 Å². The first kappa shape index (κ1) is 14.3. The van der Waals surface area contributed by atoms with Crippen LogP contribution in [0.5, 0.6) is 6.01 Å². The number of anilines is 1. The fraction of sp³-hybridized carbons (Fsp3) is 0.600. The molecule has 0 aromatic carbocycles. The maximum Gasteiger partial charge on any atom is 0.318 e. The van der Waals surface area contributed by atoms with Crippen LogP contribution in [0.4, 0.5) is 5.82 Å². The van der Waals surface area contributed by atoms with Crippen LogP contribution >= 0.6 is 23.2 Å². The first-order valence-electron chi connectivity index (χ1n) is 5.09. The van der Waals surface area contributed by atoms with Crippen molar-refractivity contribution in [1.29, 1.82) is 0 Å². The Balaban J connectivity index is 2.90. The van der Waals surface area contributed by atoms with E-state index < -0.39 is 0 Å². The van der Waals surface area contributed by atoms with E-state index in [1.165, 1.54) is 13.3 Å². The second kappa shape index (κ2) is 7.53. The highest BCUT2D eigenvalue weighted by Gasteiger charge is 2.13. The van der Waals surface area contributed by atoms with Crippen molar-refractivity contribution in [3.05, 3.63) is 11.2 Å². The maximum absolute atomic E-state index is 6.06. The molecular formula is C10H15Cl2N3O2. The Bertz CT molecular complexity index is 352. The summed E-state index contributed by atoms with van der Waals surface area (Å²) in [4.78, 5) is 10.1. The van der Waals surface area contributed by atoms with Crippen molar-refractivity contribution in [1.82, 2.24) is 9.97 Å². The van der Waals surface area contributed by atoms with Crippen LogP contribution in [0.2, 0.25) is 5.02 Å². The molecule has 1 rings (SSSR count). The molecule has 0 aliphatic carbocycles. The number of alkyl halides is 1. The van der Waals surface area contributed by atoms with E-state index in [-0.39, 0.29) is 6.01 Å². The second-order valence-electron chi connectivity index (χ2n) is 3.20. The van der Waals surface area contributed by atoms with E-state index in [1.54, 1.807) is 7.11 Å². The highest BCUT2D eigenvalue weighted by atomic mass is 35.5. The zero-order valence-corrected chi connectivity index (χ0v) is 11.3.